The summed E-state index contributed by atoms with van der Waals surface area (Å²) < 4.78 is 44.6. The molecule has 186 valence electrons. The molecule has 0 aliphatic heterocycles. The van der Waals surface area contributed by atoms with Crippen LogP contribution in [0.5, 0.6) is 5.75 Å². The number of benzene rings is 2. The second-order valence-corrected chi connectivity index (χ2v) is 10.0. The molecule has 34 heavy (non-hydrogen) atoms. The minimum Gasteiger partial charge on any atom is -0.497 e. The van der Waals surface area contributed by atoms with Crippen molar-refractivity contribution >= 4 is 39.1 Å². The van der Waals surface area contributed by atoms with Crippen LogP contribution < -0.4 is 14.4 Å². The van der Waals surface area contributed by atoms with Gasteiger partial charge >= 0.3 is 0 Å². The van der Waals surface area contributed by atoms with Crippen LogP contribution in [0.4, 0.5) is 10.1 Å². The zero-order chi connectivity index (χ0) is 25.5. The number of anilines is 1. The van der Waals surface area contributed by atoms with E-state index in [4.69, 9.17) is 16.3 Å². The quantitative estimate of drug-likeness (QED) is 0.498. The molecule has 1 atom stereocenters. The van der Waals surface area contributed by atoms with Crippen molar-refractivity contribution in [2.75, 3.05) is 30.8 Å². The molecular weight excluding hydrogens is 485 g/mol. The van der Waals surface area contributed by atoms with Gasteiger partial charge in [-0.25, -0.2) is 12.8 Å². The third-order valence-electron chi connectivity index (χ3n) is 5.10. The van der Waals surface area contributed by atoms with Crippen molar-refractivity contribution in [2.45, 2.75) is 32.9 Å². The normalized spacial score (nSPS) is 12.1. The predicted octanol–water partition coefficient (Wildman–Crippen LogP) is 3.20. The van der Waals surface area contributed by atoms with Crippen molar-refractivity contribution < 1.29 is 27.1 Å². The molecule has 0 bridgehead atoms. The maximum absolute atomic E-state index is 13.6. The fourth-order valence-corrected chi connectivity index (χ4v) is 4.18. The van der Waals surface area contributed by atoms with E-state index in [1.54, 1.807) is 31.2 Å². The first-order valence-electron chi connectivity index (χ1n) is 10.6. The van der Waals surface area contributed by atoms with Gasteiger partial charge in [0.25, 0.3) is 0 Å². The highest BCUT2D eigenvalue weighted by atomic mass is 35.5. The van der Waals surface area contributed by atoms with Gasteiger partial charge in [-0.2, -0.15) is 0 Å². The van der Waals surface area contributed by atoms with E-state index in [0.717, 1.165) is 34.7 Å². The van der Waals surface area contributed by atoms with E-state index < -0.39 is 34.3 Å². The number of sulfonamides is 1. The molecule has 0 aliphatic carbocycles. The van der Waals surface area contributed by atoms with Gasteiger partial charge in [0.05, 0.1) is 24.1 Å². The monoisotopic (exact) mass is 513 g/mol. The first-order chi connectivity index (χ1) is 16.0. The van der Waals surface area contributed by atoms with Gasteiger partial charge in [-0.1, -0.05) is 30.7 Å². The molecule has 0 aliphatic rings. The van der Waals surface area contributed by atoms with Gasteiger partial charge < -0.3 is 15.0 Å². The minimum atomic E-state index is -3.93. The molecule has 0 saturated carbocycles. The van der Waals surface area contributed by atoms with Crippen molar-refractivity contribution in [3.8, 4) is 5.75 Å². The topological polar surface area (TPSA) is 96.0 Å². The molecule has 0 fully saturated rings. The van der Waals surface area contributed by atoms with Crippen LogP contribution in [0.2, 0.25) is 5.02 Å². The van der Waals surface area contributed by atoms with E-state index in [1.165, 1.54) is 18.1 Å². The van der Waals surface area contributed by atoms with E-state index in [9.17, 15) is 22.4 Å². The Balaban J connectivity index is 2.38. The molecule has 8 nitrogen and oxygen atoms in total. The molecular formula is C23H29ClFN3O5S. The molecule has 2 aromatic rings. The Morgan fingerprint density at radius 1 is 1.18 bits per heavy atom. The van der Waals surface area contributed by atoms with Gasteiger partial charge in [0, 0.05) is 13.1 Å². The van der Waals surface area contributed by atoms with E-state index in [0.29, 0.717) is 12.3 Å². The van der Waals surface area contributed by atoms with Crippen molar-refractivity contribution in [1.82, 2.24) is 10.2 Å². The Morgan fingerprint density at radius 3 is 2.35 bits per heavy atom. The van der Waals surface area contributed by atoms with Crippen LogP contribution in [0.3, 0.4) is 0 Å². The van der Waals surface area contributed by atoms with Crippen molar-refractivity contribution in [1.29, 1.82) is 0 Å². The number of hydrogen-bond acceptors (Lipinski definition) is 5. The first-order valence-corrected chi connectivity index (χ1v) is 12.8. The Labute approximate surface area is 204 Å². The van der Waals surface area contributed by atoms with Gasteiger partial charge in [0.15, 0.2) is 0 Å². The number of ether oxygens (including phenoxy) is 1. The second kappa shape index (κ2) is 12.0. The molecule has 0 heterocycles. The van der Waals surface area contributed by atoms with E-state index in [-0.39, 0.29) is 23.2 Å². The van der Waals surface area contributed by atoms with E-state index in [2.05, 4.69) is 5.32 Å². The molecule has 0 spiro atoms. The molecule has 2 amide bonds. The highest BCUT2D eigenvalue weighted by Gasteiger charge is 2.30. The van der Waals surface area contributed by atoms with Gasteiger partial charge in [0.1, 0.15) is 24.2 Å². The third kappa shape index (κ3) is 7.33. The number of halogens is 2. The highest BCUT2D eigenvalue weighted by molar-refractivity contribution is 7.92. The standard InChI is InChI=1S/C23H29ClFN3O5S/c1-5-12-26-23(30)16(2)27(14-17-6-9-19(33-3)10-7-17)22(29)15-28(34(4,31)32)18-8-11-21(25)20(24)13-18/h6-11,13,16H,5,12,14-15H2,1-4H3,(H,26,30)/t16-/m0/s1. The van der Waals surface area contributed by atoms with Crippen LogP contribution in [0, 0.1) is 5.82 Å². The zero-order valence-electron chi connectivity index (χ0n) is 19.5. The number of nitrogens with zero attached hydrogens (tertiary/aromatic N) is 2. The SMILES string of the molecule is CCCNC(=O)[C@H](C)N(Cc1ccc(OC)cc1)C(=O)CN(c1ccc(F)c(Cl)c1)S(C)(=O)=O. The summed E-state index contributed by atoms with van der Waals surface area (Å²) >= 11 is 5.82. The molecule has 0 saturated heterocycles. The summed E-state index contributed by atoms with van der Waals surface area (Å²) in [5, 5.41) is 2.48. The van der Waals surface area contributed by atoms with Crippen LogP contribution in [0.15, 0.2) is 42.5 Å². The number of amides is 2. The number of nitrogens with one attached hydrogen (secondary N) is 1. The number of hydrogen-bond donors (Lipinski definition) is 1. The Kier molecular flexibility index (Phi) is 9.69. The number of rotatable bonds is 11. The molecule has 0 radical (unpaired) electrons. The smallest absolute Gasteiger partial charge is 0.244 e. The molecule has 0 aromatic heterocycles. The maximum atomic E-state index is 13.6. The summed E-state index contributed by atoms with van der Waals surface area (Å²) in [6.45, 7) is 3.39. The number of carbonyl (C=O) groups is 2. The first kappa shape index (κ1) is 27.4. The van der Waals surface area contributed by atoms with Gasteiger partial charge in [0.2, 0.25) is 21.8 Å². The summed E-state index contributed by atoms with van der Waals surface area (Å²) in [7, 11) is -2.40. The van der Waals surface area contributed by atoms with Crippen LogP contribution in [-0.4, -0.2) is 57.6 Å². The van der Waals surface area contributed by atoms with Crippen molar-refractivity contribution in [3.05, 3.63) is 58.9 Å². The third-order valence-corrected chi connectivity index (χ3v) is 6.53. The highest BCUT2D eigenvalue weighted by Crippen LogP contribution is 2.25. The lowest BCUT2D eigenvalue weighted by molar-refractivity contribution is -0.139. The molecule has 2 aromatic carbocycles. The fraction of sp³-hybridized carbons (Fsp3) is 0.391. The molecule has 2 rings (SSSR count). The summed E-state index contributed by atoms with van der Waals surface area (Å²) in [4.78, 5) is 27.3. The van der Waals surface area contributed by atoms with Crippen molar-refractivity contribution in [2.24, 2.45) is 0 Å². The van der Waals surface area contributed by atoms with Crippen LogP contribution in [0.1, 0.15) is 25.8 Å². The summed E-state index contributed by atoms with van der Waals surface area (Å²) in [6.07, 6.45) is 1.65. The lowest BCUT2D eigenvalue weighted by Crippen LogP contribution is -2.51. The van der Waals surface area contributed by atoms with Crippen molar-refractivity contribution in [3.63, 3.8) is 0 Å². The van der Waals surface area contributed by atoms with Gasteiger partial charge in [-0.15, -0.1) is 0 Å². The second-order valence-electron chi connectivity index (χ2n) is 7.70. The Morgan fingerprint density at radius 2 is 1.82 bits per heavy atom. The van der Waals surface area contributed by atoms with Gasteiger partial charge in [-0.3, -0.25) is 13.9 Å². The molecule has 0 unspecified atom stereocenters. The lowest BCUT2D eigenvalue weighted by Gasteiger charge is -2.31. The zero-order valence-corrected chi connectivity index (χ0v) is 21.1. The van der Waals surface area contributed by atoms with Gasteiger partial charge in [-0.05, 0) is 49.2 Å². The molecule has 1 N–H and O–H groups in total. The van der Waals surface area contributed by atoms with Crippen LogP contribution in [0.25, 0.3) is 0 Å². The fourth-order valence-electron chi connectivity index (χ4n) is 3.16. The lowest BCUT2D eigenvalue weighted by atomic mass is 10.1. The number of carbonyl (C=O) groups excluding carboxylic acids is 2. The minimum absolute atomic E-state index is 0.0368. The summed E-state index contributed by atoms with van der Waals surface area (Å²) in [5.41, 5.74) is 0.759. The van der Waals surface area contributed by atoms with E-state index >= 15 is 0 Å². The average Bonchev–Trinajstić information content (AvgIpc) is 2.80. The summed E-state index contributed by atoms with van der Waals surface area (Å²) in [6, 6.07) is 9.47. The molecule has 11 heteroatoms. The predicted molar refractivity (Wildman–Crippen MR) is 130 cm³/mol. The summed E-state index contributed by atoms with van der Waals surface area (Å²) in [5.74, 6) is -1.06. The average molecular weight is 514 g/mol. The maximum Gasteiger partial charge on any atom is 0.244 e. The largest absolute Gasteiger partial charge is 0.497 e. The van der Waals surface area contributed by atoms with Crippen LogP contribution in [-0.2, 0) is 26.2 Å². The van der Waals surface area contributed by atoms with Crippen LogP contribution >= 0.6 is 11.6 Å². The Hall–Kier alpha value is -2.85. The number of methoxy groups -OCH3 is 1. The van der Waals surface area contributed by atoms with E-state index in [1.807, 2.05) is 6.92 Å². The Bertz CT molecular complexity index is 1110.